The van der Waals surface area contributed by atoms with Gasteiger partial charge in [-0.15, -0.1) is 4.36 Å². The van der Waals surface area contributed by atoms with Crippen LogP contribution in [0, 0.1) is 5.41 Å². The summed E-state index contributed by atoms with van der Waals surface area (Å²) in [6.07, 6.45) is 8.46. The summed E-state index contributed by atoms with van der Waals surface area (Å²) < 4.78 is 24.6. The van der Waals surface area contributed by atoms with Crippen molar-refractivity contribution >= 4 is 21.6 Å². The molecule has 0 radical (unpaired) electrons. The van der Waals surface area contributed by atoms with Crippen LogP contribution in [0.25, 0.3) is 0 Å². The van der Waals surface area contributed by atoms with E-state index in [2.05, 4.69) is 34.7 Å². The Bertz CT molecular complexity index is 1160. The van der Waals surface area contributed by atoms with Crippen molar-refractivity contribution < 1.29 is 13.7 Å². The number of rotatable bonds is 3. The number of urea groups is 1. The maximum atomic E-state index is 13.2. The Morgan fingerprint density at radius 1 is 1.29 bits per heavy atom. The van der Waals surface area contributed by atoms with Crippen molar-refractivity contribution in [2.45, 2.75) is 70.2 Å². The number of aromatic nitrogens is 2. The van der Waals surface area contributed by atoms with Gasteiger partial charge in [0.25, 0.3) is 0 Å². The molecule has 0 spiro atoms. The molecule has 1 aromatic carbocycles. The molecule has 0 saturated carbocycles. The average Bonchev–Trinajstić information content (AvgIpc) is 3.46. The number of hydrogen-bond donors (Lipinski definition) is 2. The number of nitrogens with zero attached hydrogens (tertiary/aromatic N) is 3. The fraction of sp³-hybridized carbons (Fsp3) is 0.545. The lowest BCUT2D eigenvalue weighted by Gasteiger charge is -2.33. The highest BCUT2D eigenvalue weighted by molar-refractivity contribution is 7.91. The van der Waals surface area contributed by atoms with Gasteiger partial charge in [0.05, 0.1) is 19.3 Å². The monoisotopic (exact) mass is 443 g/mol. The summed E-state index contributed by atoms with van der Waals surface area (Å²) >= 11 is 0. The maximum absolute atomic E-state index is 13.2. The molecule has 3 aliphatic rings. The van der Waals surface area contributed by atoms with Gasteiger partial charge in [0.2, 0.25) is 5.88 Å². The zero-order valence-electron chi connectivity index (χ0n) is 18.1. The zero-order chi connectivity index (χ0) is 21.8. The van der Waals surface area contributed by atoms with E-state index < -0.39 is 15.9 Å². The molecule has 0 saturated heterocycles. The van der Waals surface area contributed by atoms with E-state index in [9.17, 15) is 9.00 Å². The topological polar surface area (TPSA) is 112 Å². The van der Waals surface area contributed by atoms with E-state index in [0.717, 1.165) is 50.6 Å². The Morgan fingerprint density at radius 2 is 1.97 bits per heavy atom. The SMILES string of the molecule is CC[C@]1(C)COc2c(S(N)(=O)=NC(=O)Nc3c4c(cc5c3CCC5)CCC4)cnn2C1. The van der Waals surface area contributed by atoms with E-state index in [1.54, 1.807) is 4.68 Å². The summed E-state index contributed by atoms with van der Waals surface area (Å²) in [6.45, 7) is 5.34. The summed E-state index contributed by atoms with van der Waals surface area (Å²) in [7, 11) is -3.50. The Kier molecular flexibility index (Phi) is 4.86. The van der Waals surface area contributed by atoms with Crippen molar-refractivity contribution in [1.29, 1.82) is 0 Å². The van der Waals surface area contributed by atoms with Crippen LogP contribution in [-0.2, 0) is 42.1 Å². The minimum Gasteiger partial charge on any atom is -0.476 e. The first-order chi connectivity index (χ1) is 14.8. The molecular formula is C22H29N5O3S. The van der Waals surface area contributed by atoms with Crippen molar-refractivity contribution in [3.05, 3.63) is 34.5 Å². The number of nitrogens with two attached hydrogens (primary N) is 1. The molecule has 0 fully saturated rings. The number of aryl methyl sites for hydroxylation is 2. The first kappa shape index (κ1) is 20.5. The molecule has 2 aliphatic carbocycles. The highest BCUT2D eigenvalue weighted by Gasteiger charge is 2.34. The molecular weight excluding hydrogens is 414 g/mol. The second-order valence-corrected chi connectivity index (χ2v) is 11.0. The summed E-state index contributed by atoms with van der Waals surface area (Å²) in [4.78, 5) is 13.0. The smallest absolute Gasteiger partial charge is 0.354 e. The number of carbonyl (C=O) groups excluding carboxylic acids is 1. The van der Waals surface area contributed by atoms with Crippen molar-refractivity contribution in [3.8, 4) is 5.88 Å². The van der Waals surface area contributed by atoms with Gasteiger partial charge in [-0.3, -0.25) is 0 Å². The second-order valence-electron chi connectivity index (χ2n) is 9.25. The normalized spacial score (nSPS) is 23.3. The van der Waals surface area contributed by atoms with E-state index in [4.69, 9.17) is 9.88 Å². The molecule has 2 heterocycles. The molecule has 1 aromatic heterocycles. The lowest BCUT2D eigenvalue weighted by atomic mass is 9.88. The number of fused-ring (bicyclic) bond motifs is 3. The van der Waals surface area contributed by atoms with E-state index in [1.165, 1.54) is 28.5 Å². The van der Waals surface area contributed by atoms with E-state index in [-0.39, 0.29) is 10.3 Å². The standard InChI is InChI=1S/C22H29N5O3S/c1-3-22(2)12-27-20(30-13-22)18(11-24-27)31(23,29)26-21(28)25-19-16-8-4-6-14(16)10-15-7-5-9-17(15)19/h10-11H,3-9,12-13H2,1-2H3,(H3,23,25,26,28,29)/t22-,31?/m0/s1. The minimum atomic E-state index is -3.50. The largest absolute Gasteiger partial charge is 0.476 e. The van der Waals surface area contributed by atoms with Gasteiger partial charge < -0.3 is 10.1 Å². The molecule has 2 atom stereocenters. The van der Waals surface area contributed by atoms with E-state index in [1.807, 2.05) is 0 Å². The van der Waals surface area contributed by atoms with Crippen molar-refractivity contribution in [2.75, 3.05) is 11.9 Å². The van der Waals surface area contributed by atoms with Crippen LogP contribution >= 0.6 is 0 Å². The minimum absolute atomic E-state index is 0.0473. The third-order valence-corrected chi connectivity index (χ3v) is 8.29. The lowest BCUT2D eigenvalue weighted by molar-refractivity contribution is 0.0783. The van der Waals surface area contributed by atoms with Crippen LogP contribution in [0.3, 0.4) is 0 Å². The van der Waals surface area contributed by atoms with Gasteiger partial charge in [0.15, 0.2) is 9.92 Å². The number of anilines is 1. The van der Waals surface area contributed by atoms with Crippen LogP contribution in [-0.4, -0.2) is 26.6 Å². The predicted octanol–water partition coefficient (Wildman–Crippen LogP) is 3.60. The van der Waals surface area contributed by atoms with Crippen LogP contribution in [0.1, 0.15) is 55.4 Å². The highest BCUT2D eigenvalue weighted by Crippen LogP contribution is 2.39. The Hall–Kier alpha value is -2.39. The number of ether oxygens (including phenoxy) is 1. The third-order valence-electron chi connectivity index (χ3n) is 6.94. The molecule has 2 amide bonds. The summed E-state index contributed by atoms with van der Waals surface area (Å²) in [5.74, 6) is 0.344. The van der Waals surface area contributed by atoms with Crippen molar-refractivity contribution in [2.24, 2.45) is 14.9 Å². The number of nitrogens with one attached hydrogen (secondary N) is 1. The average molecular weight is 444 g/mol. The van der Waals surface area contributed by atoms with Gasteiger partial charge in [0.1, 0.15) is 4.90 Å². The Balaban J connectivity index is 1.45. The van der Waals surface area contributed by atoms with Crippen LogP contribution in [0.4, 0.5) is 10.5 Å². The molecule has 1 unspecified atom stereocenters. The van der Waals surface area contributed by atoms with E-state index in [0.29, 0.717) is 19.0 Å². The van der Waals surface area contributed by atoms with Gasteiger partial charge in [-0.25, -0.2) is 18.8 Å². The van der Waals surface area contributed by atoms with Crippen molar-refractivity contribution in [3.63, 3.8) is 0 Å². The Morgan fingerprint density at radius 3 is 2.61 bits per heavy atom. The third kappa shape index (κ3) is 3.53. The molecule has 9 heteroatoms. The molecule has 8 nitrogen and oxygen atoms in total. The fourth-order valence-electron chi connectivity index (χ4n) is 4.95. The van der Waals surface area contributed by atoms with Crippen LogP contribution in [0.15, 0.2) is 21.5 Å². The summed E-state index contributed by atoms with van der Waals surface area (Å²) in [6, 6.07) is 1.61. The second kappa shape index (κ2) is 7.34. The number of hydrogen-bond acceptors (Lipinski definition) is 4. The molecule has 3 N–H and O–H groups in total. The number of amides is 2. The molecule has 5 rings (SSSR count). The summed E-state index contributed by atoms with van der Waals surface area (Å²) in [5.41, 5.74) is 5.81. The molecule has 166 valence electrons. The van der Waals surface area contributed by atoms with Crippen molar-refractivity contribution in [1.82, 2.24) is 9.78 Å². The Labute approximate surface area is 182 Å². The van der Waals surface area contributed by atoms with E-state index >= 15 is 0 Å². The molecule has 2 aromatic rings. The van der Waals surface area contributed by atoms with Crippen LogP contribution in [0.5, 0.6) is 5.88 Å². The number of benzene rings is 1. The molecule has 1 aliphatic heterocycles. The quantitative estimate of drug-likeness (QED) is 0.755. The van der Waals surface area contributed by atoms with Gasteiger partial charge >= 0.3 is 6.03 Å². The zero-order valence-corrected chi connectivity index (χ0v) is 18.9. The maximum Gasteiger partial charge on any atom is 0.354 e. The first-order valence-corrected chi connectivity index (χ1v) is 12.6. The summed E-state index contributed by atoms with van der Waals surface area (Å²) in [5, 5.41) is 13.3. The van der Waals surface area contributed by atoms with Gasteiger partial charge in [-0.05, 0) is 67.2 Å². The van der Waals surface area contributed by atoms with Gasteiger partial charge in [0, 0.05) is 11.1 Å². The van der Waals surface area contributed by atoms with Crippen LogP contribution < -0.4 is 15.2 Å². The highest BCUT2D eigenvalue weighted by atomic mass is 32.2. The predicted molar refractivity (Wildman–Crippen MR) is 119 cm³/mol. The molecule has 0 bridgehead atoms. The number of carbonyl (C=O) groups is 1. The van der Waals surface area contributed by atoms with Gasteiger partial charge in [-0.2, -0.15) is 5.10 Å². The first-order valence-electron chi connectivity index (χ1n) is 11.0. The fourth-order valence-corrected chi connectivity index (χ4v) is 5.95. The lowest BCUT2D eigenvalue weighted by Crippen LogP contribution is -2.35. The molecule has 31 heavy (non-hydrogen) atoms. The van der Waals surface area contributed by atoms with Crippen LogP contribution in [0.2, 0.25) is 0 Å². The van der Waals surface area contributed by atoms with Gasteiger partial charge in [-0.1, -0.05) is 19.9 Å².